The van der Waals surface area contributed by atoms with Gasteiger partial charge in [0.1, 0.15) is 0 Å². The van der Waals surface area contributed by atoms with Crippen molar-refractivity contribution in [2.45, 2.75) is 40.0 Å². The molecule has 0 atom stereocenters. The fourth-order valence-corrected chi connectivity index (χ4v) is 3.07. The smallest absolute Gasteiger partial charge is 0.0945 e. The minimum atomic E-state index is 1.03. The molecule has 2 rings (SSSR count). The lowest BCUT2D eigenvalue weighted by molar-refractivity contribution is 0.639. The molecular weight excluding hydrogens is 264 g/mol. The van der Waals surface area contributed by atoms with Crippen molar-refractivity contribution in [3.05, 3.63) is 39.7 Å². The van der Waals surface area contributed by atoms with Crippen LogP contribution in [-0.4, -0.2) is 18.1 Å². The van der Waals surface area contributed by atoms with Gasteiger partial charge in [-0.15, -0.1) is 11.3 Å². The molecule has 0 aliphatic rings. The van der Waals surface area contributed by atoms with Gasteiger partial charge in [-0.2, -0.15) is 0 Å². The van der Waals surface area contributed by atoms with Crippen molar-refractivity contribution in [2.24, 2.45) is 0 Å². The van der Waals surface area contributed by atoms with Crippen LogP contribution in [0.4, 0.5) is 0 Å². The first-order valence-corrected chi connectivity index (χ1v) is 8.31. The third-order valence-corrected chi connectivity index (χ3v) is 4.34. The Labute approximate surface area is 126 Å². The molecule has 2 aromatic rings. The van der Waals surface area contributed by atoms with E-state index in [-0.39, 0.29) is 0 Å². The number of benzene rings is 1. The third-order valence-electron chi connectivity index (χ3n) is 3.43. The van der Waals surface area contributed by atoms with Gasteiger partial charge in [0.25, 0.3) is 0 Å². The Morgan fingerprint density at radius 1 is 1.20 bits per heavy atom. The highest BCUT2D eigenvalue weighted by atomic mass is 32.1. The zero-order valence-corrected chi connectivity index (χ0v) is 13.5. The summed E-state index contributed by atoms with van der Waals surface area (Å²) >= 11 is 1.77. The Balaban J connectivity index is 1.95. The van der Waals surface area contributed by atoms with Crippen molar-refractivity contribution >= 4 is 11.3 Å². The Kier molecular flexibility index (Phi) is 5.74. The molecule has 1 N–H and O–H groups in total. The summed E-state index contributed by atoms with van der Waals surface area (Å²) in [6, 6.07) is 6.57. The predicted octanol–water partition coefficient (Wildman–Crippen LogP) is 4.36. The van der Waals surface area contributed by atoms with E-state index in [4.69, 9.17) is 4.98 Å². The lowest BCUT2D eigenvalue weighted by atomic mass is 10.0. The highest BCUT2D eigenvalue weighted by molar-refractivity contribution is 7.09. The molecule has 108 valence electrons. The summed E-state index contributed by atoms with van der Waals surface area (Å²) in [5.74, 6) is 0. The second kappa shape index (κ2) is 7.55. The summed E-state index contributed by atoms with van der Waals surface area (Å²) in [4.78, 5) is 4.77. The highest BCUT2D eigenvalue weighted by Crippen LogP contribution is 2.25. The Bertz CT molecular complexity index is 546. The number of thiazole rings is 1. The van der Waals surface area contributed by atoms with Gasteiger partial charge >= 0.3 is 0 Å². The number of aromatic nitrogens is 1. The summed E-state index contributed by atoms with van der Waals surface area (Å²) < 4.78 is 0. The lowest BCUT2D eigenvalue weighted by Crippen LogP contribution is -2.18. The van der Waals surface area contributed by atoms with E-state index in [0.29, 0.717) is 0 Å². The Hall–Kier alpha value is -1.19. The van der Waals surface area contributed by atoms with E-state index in [1.54, 1.807) is 11.3 Å². The number of nitrogens with zero attached hydrogens (tertiary/aromatic N) is 1. The van der Waals surface area contributed by atoms with E-state index >= 15 is 0 Å². The van der Waals surface area contributed by atoms with Gasteiger partial charge in [0.15, 0.2) is 0 Å². The van der Waals surface area contributed by atoms with Gasteiger partial charge in [0.05, 0.1) is 10.7 Å². The largest absolute Gasteiger partial charge is 0.316 e. The van der Waals surface area contributed by atoms with Gasteiger partial charge < -0.3 is 5.32 Å². The SMILES string of the molecule is CCCCNCCc1nc(-c2ccc(C)cc2C)cs1. The molecule has 3 heteroatoms. The zero-order valence-electron chi connectivity index (χ0n) is 12.7. The van der Waals surface area contributed by atoms with E-state index in [0.717, 1.165) is 25.2 Å². The lowest BCUT2D eigenvalue weighted by Gasteiger charge is -2.04. The average Bonchev–Trinajstić information content (AvgIpc) is 2.87. The van der Waals surface area contributed by atoms with Crippen molar-refractivity contribution < 1.29 is 0 Å². The first-order chi connectivity index (χ1) is 9.70. The molecule has 0 aliphatic heterocycles. The molecule has 0 radical (unpaired) electrons. The minimum Gasteiger partial charge on any atom is -0.316 e. The first-order valence-electron chi connectivity index (χ1n) is 7.43. The Morgan fingerprint density at radius 2 is 2.05 bits per heavy atom. The number of unbranched alkanes of at least 4 members (excludes halogenated alkanes) is 1. The second-order valence-corrected chi connectivity index (χ2v) is 6.24. The summed E-state index contributed by atoms with van der Waals surface area (Å²) in [5, 5.41) is 6.87. The van der Waals surface area contributed by atoms with Crippen LogP contribution in [0.5, 0.6) is 0 Å². The number of hydrogen-bond acceptors (Lipinski definition) is 3. The molecule has 1 aromatic carbocycles. The second-order valence-electron chi connectivity index (χ2n) is 5.30. The summed E-state index contributed by atoms with van der Waals surface area (Å²) in [6.07, 6.45) is 3.53. The van der Waals surface area contributed by atoms with E-state index in [2.05, 4.69) is 49.7 Å². The summed E-state index contributed by atoms with van der Waals surface area (Å²) in [7, 11) is 0. The van der Waals surface area contributed by atoms with Crippen molar-refractivity contribution in [2.75, 3.05) is 13.1 Å². The van der Waals surface area contributed by atoms with Crippen LogP contribution >= 0.6 is 11.3 Å². The van der Waals surface area contributed by atoms with Crippen LogP contribution in [0.2, 0.25) is 0 Å². The molecule has 1 heterocycles. The molecule has 0 saturated heterocycles. The van der Waals surface area contributed by atoms with Crippen LogP contribution in [-0.2, 0) is 6.42 Å². The maximum atomic E-state index is 4.77. The molecule has 0 amide bonds. The highest BCUT2D eigenvalue weighted by Gasteiger charge is 2.07. The summed E-state index contributed by atoms with van der Waals surface area (Å²) in [5.41, 5.74) is 5.00. The van der Waals surface area contributed by atoms with Gasteiger partial charge in [-0.05, 0) is 32.4 Å². The maximum absolute atomic E-state index is 4.77. The van der Waals surface area contributed by atoms with Gasteiger partial charge in [0.2, 0.25) is 0 Å². The van der Waals surface area contributed by atoms with Crippen LogP contribution in [0.1, 0.15) is 35.9 Å². The quantitative estimate of drug-likeness (QED) is 0.766. The van der Waals surface area contributed by atoms with Crippen molar-refractivity contribution in [1.82, 2.24) is 10.3 Å². The fraction of sp³-hybridized carbons (Fsp3) is 0.471. The van der Waals surface area contributed by atoms with Gasteiger partial charge in [-0.25, -0.2) is 4.98 Å². The van der Waals surface area contributed by atoms with Crippen LogP contribution in [0.15, 0.2) is 23.6 Å². The van der Waals surface area contributed by atoms with Crippen LogP contribution in [0.3, 0.4) is 0 Å². The molecule has 0 bridgehead atoms. The fourth-order valence-electron chi connectivity index (χ4n) is 2.27. The Morgan fingerprint density at radius 3 is 2.80 bits per heavy atom. The normalized spacial score (nSPS) is 10.9. The van der Waals surface area contributed by atoms with Gasteiger partial charge in [-0.1, -0.05) is 37.1 Å². The number of aryl methyl sites for hydroxylation is 2. The topological polar surface area (TPSA) is 24.9 Å². The summed E-state index contributed by atoms with van der Waals surface area (Å²) in [6.45, 7) is 8.66. The van der Waals surface area contributed by atoms with Gasteiger partial charge in [-0.3, -0.25) is 0 Å². The molecule has 0 aliphatic carbocycles. The molecule has 1 aromatic heterocycles. The molecule has 0 fully saturated rings. The van der Waals surface area contributed by atoms with Crippen LogP contribution < -0.4 is 5.32 Å². The van der Waals surface area contributed by atoms with Crippen molar-refractivity contribution in [3.63, 3.8) is 0 Å². The van der Waals surface area contributed by atoms with E-state index in [9.17, 15) is 0 Å². The van der Waals surface area contributed by atoms with Crippen LogP contribution in [0.25, 0.3) is 11.3 Å². The van der Waals surface area contributed by atoms with Crippen molar-refractivity contribution in [3.8, 4) is 11.3 Å². The number of nitrogens with one attached hydrogen (secondary N) is 1. The number of hydrogen-bond donors (Lipinski definition) is 1. The van der Waals surface area contributed by atoms with Crippen molar-refractivity contribution in [1.29, 1.82) is 0 Å². The monoisotopic (exact) mass is 288 g/mol. The molecule has 0 saturated carbocycles. The molecule has 20 heavy (non-hydrogen) atoms. The van der Waals surface area contributed by atoms with Gasteiger partial charge in [0, 0.05) is 23.9 Å². The molecule has 0 unspecified atom stereocenters. The first kappa shape index (κ1) is 15.2. The average molecular weight is 288 g/mol. The maximum Gasteiger partial charge on any atom is 0.0945 e. The van der Waals surface area contributed by atoms with E-state index < -0.39 is 0 Å². The minimum absolute atomic E-state index is 1.03. The van der Waals surface area contributed by atoms with E-state index in [1.807, 2.05) is 0 Å². The molecular formula is C17H24N2S. The molecule has 0 spiro atoms. The number of rotatable bonds is 7. The molecule has 2 nitrogen and oxygen atoms in total. The zero-order chi connectivity index (χ0) is 14.4. The predicted molar refractivity (Wildman–Crippen MR) is 88.5 cm³/mol. The standard InChI is InChI=1S/C17H24N2S/c1-4-5-9-18-10-8-17-19-16(12-20-17)15-7-6-13(2)11-14(15)3/h6-7,11-12,18H,4-5,8-10H2,1-3H3. The van der Waals surface area contributed by atoms with E-state index in [1.165, 1.54) is 34.5 Å². The van der Waals surface area contributed by atoms with Crippen LogP contribution in [0, 0.1) is 13.8 Å². The third kappa shape index (κ3) is 4.15.